The smallest absolute Gasteiger partial charge is 0.0561 e. The van der Waals surface area contributed by atoms with Crippen molar-refractivity contribution in [2.75, 3.05) is 9.80 Å². The second-order valence-corrected chi connectivity index (χ2v) is 13.8. The fourth-order valence-electron chi connectivity index (χ4n) is 8.06. The Balaban J connectivity index is 1.26. The van der Waals surface area contributed by atoms with Gasteiger partial charge in [0.05, 0.1) is 11.0 Å². The van der Waals surface area contributed by atoms with Gasteiger partial charge in [-0.1, -0.05) is 140 Å². The van der Waals surface area contributed by atoms with Gasteiger partial charge in [0.15, 0.2) is 0 Å². The van der Waals surface area contributed by atoms with Crippen molar-refractivity contribution in [2.24, 2.45) is 0 Å². The second-order valence-electron chi connectivity index (χ2n) is 13.8. The molecule has 0 N–H and O–H groups in total. The summed E-state index contributed by atoms with van der Waals surface area (Å²) in [4.78, 5) is 4.76. The monoisotopic (exact) mass is 703 g/mol. The van der Waals surface area contributed by atoms with E-state index in [9.17, 15) is 0 Å². The van der Waals surface area contributed by atoms with Gasteiger partial charge in [0.2, 0.25) is 0 Å². The van der Waals surface area contributed by atoms with Crippen molar-refractivity contribution in [3.8, 4) is 16.8 Å². The maximum Gasteiger partial charge on any atom is 0.0561 e. The highest BCUT2D eigenvalue weighted by molar-refractivity contribution is 6.10. The molecule has 0 saturated heterocycles. The van der Waals surface area contributed by atoms with E-state index in [4.69, 9.17) is 0 Å². The molecule has 260 valence electrons. The topological polar surface area (TPSA) is 11.4 Å². The van der Waals surface area contributed by atoms with Crippen LogP contribution in [0.15, 0.2) is 224 Å². The Morgan fingerprint density at radius 2 is 0.782 bits per heavy atom. The number of fused-ring (bicyclic) bond motifs is 4. The molecule has 0 atom stereocenters. The van der Waals surface area contributed by atoms with Crippen LogP contribution in [-0.2, 0) is 0 Å². The minimum Gasteiger partial charge on any atom is -0.310 e. The first kappa shape index (κ1) is 32.3. The Morgan fingerprint density at radius 3 is 1.42 bits per heavy atom. The lowest BCUT2D eigenvalue weighted by Crippen LogP contribution is -2.13. The van der Waals surface area contributed by atoms with Crippen LogP contribution in [0.3, 0.4) is 0 Å². The molecule has 9 aromatic carbocycles. The molecule has 0 fully saturated rings. The summed E-state index contributed by atoms with van der Waals surface area (Å²) in [5, 5.41) is 4.90. The third kappa shape index (κ3) is 5.89. The Bertz CT molecular complexity index is 2870. The van der Waals surface area contributed by atoms with E-state index in [1.807, 2.05) is 0 Å². The van der Waals surface area contributed by atoms with Crippen LogP contribution in [0.1, 0.15) is 0 Å². The first-order chi connectivity index (χ1) is 27.3. The number of aromatic nitrogens is 1. The average molecular weight is 704 g/mol. The highest BCUT2D eigenvalue weighted by Gasteiger charge is 2.21. The molecule has 3 heteroatoms. The van der Waals surface area contributed by atoms with Gasteiger partial charge in [-0.25, -0.2) is 0 Å². The van der Waals surface area contributed by atoms with Crippen LogP contribution in [0.4, 0.5) is 34.1 Å². The minimum absolute atomic E-state index is 1.06. The molecule has 0 bridgehead atoms. The van der Waals surface area contributed by atoms with Gasteiger partial charge < -0.3 is 14.4 Å². The van der Waals surface area contributed by atoms with E-state index in [2.05, 4.69) is 239 Å². The second kappa shape index (κ2) is 13.9. The molecule has 10 aromatic rings. The molecule has 0 saturated carbocycles. The molecular formula is C52H37N3. The highest BCUT2D eigenvalue weighted by Crippen LogP contribution is 2.45. The first-order valence-corrected chi connectivity index (χ1v) is 18.8. The highest BCUT2D eigenvalue weighted by atomic mass is 15.2. The molecule has 1 aromatic heterocycles. The van der Waals surface area contributed by atoms with Crippen molar-refractivity contribution in [1.29, 1.82) is 0 Å². The van der Waals surface area contributed by atoms with Gasteiger partial charge in [0.25, 0.3) is 0 Å². The molecule has 0 radical (unpaired) electrons. The van der Waals surface area contributed by atoms with Crippen LogP contribution in [0.5, 0.6) is 0 Å². The maximum absolute atomic E-state index is 2.40. The normalized spacial score (nSPS) is 11.3. The third-order valence-electron chi connectivity index (χ3n) is 10.5. The van der Waals surface area contributed by atoms with Gasteiger partial charge in [0, 0.05) is 50.6 Å². The van der Waals surface area contributed by atoms with E-state index in [-0.39, 0.29) is 0 Å². The van der Waals surface area contributed by atoms with Crippen LogP contribution >= 0.6 is 0 Å². The van der Waals surface area contributed by atoms with Crippen LogP contribution in [0.25, 0.3) is 49.4 Å². The molecule has 3 nitrogen and oxygen atoms in total. The van der Waals surface area contributed by atoms with E-state index in [0.717, 1.165) is 50.9 Å². The predicted molar refractivity (Wildman–Crippen MR) is 233 cm³/mol. The summed E-state index contributed by atoms with van der Waals surface area (Å²) in [5.41, 5.74) is 12.3. The van der Waals surface area contributed by atoms with Crippen LogP contribution < -0.4 is 9.80 Å². The number of para-hydroxylation sites is 5. The van der Waals surface area contributed by atoms with Gasteiger partial charge in [-0.15, -0.1) is 0 Å². The zero-order chi connectivity index (χ0) is 36.6. The summed E-state index contributed by atoms with van der Waals surface area (Å²) in [7, 11) is 0. The number of hydrogen-bond donors (Lipinski definition) is 0. The van der Waals surface area contributed by atoms with E-state index >= 15 is 0 Å². The predicted octanol–water partition coefficient (Wildman–Crippen LogP) is 14.5. The summed E-state index contributed by atoms with van der Waals surface area (Å²) in [6.45, 7) is 0. The zero-order valence-electron chi connectivity index (χ0n) is 30.2. The molecule has 10 rings (SSSR count). The first-order valence-electron chi connectivity index (χ1n) is 18.8. The molecule has 0 aliphatic rings. The largest absolute Gasteiger partial charge is 0.310 e. The van der Waals surface area contributed by atoms with Crippen LogP contribution in [-0.4, -0.2) is 4.57 Å². The molecule has 0 aliphatic heterocycles. The quantitative estimate of drug-likeness (QED) is 0.156. The Hall–Kier alpha value is -7.36. The van der Waals surface area contributed by atoms with Crippen molar-refractivity contribution >= 4 is 66.7 Å². The van der Waals surface area contributed by atoms with Gasteiger partial charge in [0.1, 0.15) is 0 Å². The molecule has 1 heterocycles. The summed E-state index contributed by atoms with van der Waals surface area (Å²) in [5.74, 6) is 0. The molecular weight excluding hydrogens is 667 g/mol. The standard InChI is InChI=1S/C52H37N3/c1-5-20-40(21-6-1)53(41-22-7-2-8-23-41)45-34-39(48-30-17-19-38-18-13-14-28-47(38)48)35-46(36-45)54(42-24-9-3-10-25-42)44-32-33-50-49-29-15-16-31-51(49)55(52(50)37-44)43-26-11-4-12-27-43/h1-37H. The van der Waals surface area contributed by atoms with Crippen molar-refractivity contribution in [3.05, 3.63) is 224 Å². The SMILES string of the molecule is c1ccc(N(c2ccccc2)c2cc(-c3cccc4ccccc34)cc(N(c3ccccc3)c3ccc4c5ccccc5n(-c5ccccc5)c4c3)c2)cc1. The maximum atomic E-state index is 2.40. The molecule has 0 amide bonds. The van der Waals surface area contributed by atoms with Gasteiger partial charge >= 0.3 is 0 Å². The third-order valence-corrected chi connectivity index (χ3v) is 10.5. The number of anilines is 6. The lowest BCUT2D eigenvalue weighted by Gasteiger charge is -2.30. The summed E-state index contributed by atoms with van der Waals surface area (Å²) < 4.78 is 2.39. The lowest BCUT2D eigenvalue weighted by molar-refractivity contribution is 1.18. The number of rotatable bonds is 8. The fraction of sp³-hybridized carbons (Fsp3) is 0. The lowest BCUT2D eigenvalue weighted by atomic mass is 9.96. The fourth-order valence-corrected chi connectivity index (χ4v) is 8.06. The van der Waals surface area contributed by atoms with Gasteiger partial charge in [-0.05, 0) is 107 Å². The van der Waals surface area contributed by atoms with E-state index < -0.39 is 0 Å². The Labute approximate surface area is 321 Å². The van der Waals surface area contributed by atoms with Crippen LogP contribution in [0, 0.1) is 0 Å². The van der Waals surface area contributed by atoms with E-state index in [0.29, 0.717) is 0 Å². The Morgan fingerprint density at radius 1 is 0.291 bits per heavy atom. The summed E-state index contributed by atoms with van der Waals surface area (Å²) in [6, 6.07) is 80.7. The van der Waals surface area contributed by atoms with E-state index in [1.54, 1.807) is 0 Å². The number of hydrogen-bond acceptors (Lipinski definition) is 2. The van der Waals surface area contributed by atoms with Crippen molar-refractivity contribution in [2.45, 2.75) is 0 Å². The van der Waals surface area contributed by atoms with Gasteiger partial charge in [-0.3, -0.25) is 0 Å². The van der Waals surface area contributed by atoms with E-state index in [1.165, 1.54) is 32.6 Å². The molecule has 55 heavy (non-hydrogen) atoms. The zero-order valence-corrected chi connectivity index (χ0v) is 30.2. The van der Waals surface area contributed by atoms with Crippen LogP contribution in [0.2, 0.25) is 0 Å². The van der Waals surface area contributed by atoms with Crippen molar-refractivity contribution in [1.82, 2.24) is 4.57 Å². The van der Waals surface area contributed by atoms with Crippen molar-refractivity contribution < 1.29 is 0 Å². The summed E-state index contributed by atoms with van der Waals surface area (Å²) in [6.07, 6.45) is 0. The van der Waals surface area contributed by atoms with Crippen molar-refractivity contribution in [3.63, 3.8) is 0 Å². The number of nitrogens with zero attached hydrogens (tertiary/aromatic N) is 3. The summed E-state index contributed by atoms with van der Waals surface area (Å²) >= 11 is 0. The molecule has 0 aliphatic carbocycles. The average Bonchev–Trinajstić information content (AvgIpc) is 3.59. The molecule has 0 spiro atoms. The minimum atomic E-state index is 1.06. The Kier molecular flexibility index (Phi) is 8.16. The van der Waals surface area contributed by atoms with Gasteiger partial charge in [-0.2, -0.15) is 0 Å². The molecule has 0 unspecified atom stereocenters. The number of benzene rings is 9.